The van der Waals surface area contributed by atoms with Gasteiger partial charge in [0.2, 0.25) is 0 Å². The Kier molecular flexibility index (Phi) is 2.09. The minimum Gasteiger partial charge on any atom is -0.207 e. The summed E-state index contributed by atoms with van der Waals surface area (Å²) in [6.45, 7) is 0. The van der Waals surface area contributed by atoms with Gasteiger partial charge < -0.3 is 0 Å². The van der Waals surface area contributed by atoms with Crippen molar-refractivity contribution in [3.8, 4) is 0 Å². The van der Waals surface area contributed by atoms with Crippen LogP contribution in [-0.2, 0) is 11.5 Å². The molecule has 1 heterocycles. The van der Waals surface area contributed by atoms with Crippen LogP contribution in [0.3, 0.4) is 0 Å². The van der Waals surface area contributed by atoms with Gasteiger partial charge in [0.15, 0.2) is 0 Å². The van der Waals surface area contributed by atoms with Crippen molar-refractivity contribution in [1.82, 2.24) is 0 Å². The fourth-order valence-electron chi connectivity index (χ4n) is 1.11. The van der Waals surface area contributed by atoms with E-state index in [9.17, 15) is 4.39 Å². The average molecular weight is 186 g/mol. The molecular formula is C8H7FS2. The molecule has 1 aromatic rings. The molecule has 3 heteroatoms. The Morgan fingerprint density at radius 1 is 1.18 bits per heavy atom. The van der Waals surface area contributed by atoms with Crippen molar-refractivity contribution in [3.05, 3.63) is 35.1 Å². The van der Waals surface area contributed by atoms with E-state index in [-0.39, 0.29) is 5.82 Å². The highest BCUT2D eigenvalue weighted by Gasteiger charge is 2.12. The first kappa shape index (κ1) is 7.50. The van der Waals surface area contributed by atoms with Crippen LogP contribution < -0.4 is 0 Å². The zero-order chi connectivity index (χ0) is 7.68. The second-order valence-electron chi connectivity index (χ2n) is 2.40. The van der Waals surface area contributed by atoms with Crippen molar-refractivity contribution in [3.63, 3.8) is 0 Å². The first-order chi connectivity index (χ1) is 5.38. The van der Waals surface area contributed by atoms with Crippen LogP contribution in [-0.4, -0.2) is 0 Å². The Morgan fingerprint density at radius 3 is 2.82 bits per heavy atom. The first-order valence-corrected chi connectivity index (χ1v) is 5.87. The third kappa shape index (κ3) is 1.40. The summed E-state index contributed by atoms with van der Waals surface area (Å²) in [4.78, 5) is 0. The summed E-state index contributed by atoms with van der Waals surface area (Å²) in [5.41, 5.74) is 2.06. The van der Waals surface area contributed by atoms with Gasteiger partial charge in [0.05, 0.1) is 0 Å². The van der Waals surface area contributed by atoms with Crippen molar-refractivity contribution in [1.29, 1.82) is 0 Å². The standard InChI is InChI=1S/C8H7FS2/c9-8-3-1-2-6-4-10-11-5-7(6)8/h1-3H,4-5H2. The molecule has 0 nitrogen and oxygen atoms in total. The van der Waals surface area contributed by atoms with Crippen molar-refractivity contribution in [2.45, 2.75) is 11.5 Å². The molecule has 0 saturated heterocycles. The van der Waals surface area contributed by atoms with E-state index in [1.807, 2.05) is 6.07 Å². The third-order valence-electron chi connectivity index (χ3n) is 1.72. The number of hydrogen-bond acceptors (Lipinski definition) is 2. The summed E-state index contributed by atoms with van der Waals surface area (Å²) in [5, 5.41) is 0. The lowest BCUT2D eigenvalue weighted by Gasteiger charge is -2.14. The quantitative estimate of drug-likeness (QED) is 0.570. The Morgan fingerprint density at radius 2 is 2.00 bits per heavy atom. The van der Waals surface area contributed by atoms with Crippen LogP contribution in [0.4, 0.5) is 4.39 Å². The molecule has 0 amide bonds. The fraction of sp³-hybridized carbons (Fsp3) is 0.250. The van der Waals surface area contributed by atoms with Crippen LogP contribution in [0.2, 0.25) is 0 Å². The number of halogens is 1. The van der Waals surface area contributed by atoms with Crippen LogP contribution in [0, 0.1) is 5.82 Å². The molecule has 0 unspecified atom stereocenters. The monoisotopic (exact) mass is 186 g/mol. The van der Waals surface area contributed by atoms with Gasteiger partial charge in [-0.1, -0.05) is 33.7 Å². The summed E-state index contributed by atoms with van der Waals surface area (Å²) in [6, 6.07) is 5.32. The predicted molar refractivity (Wildman–Crippen MR) is 49.0 cm³/mol. The van der Waals surface area contributed by atoms with Gasteiger partial charge in [0.1, 0.15) is 5.82 Å². The molecule has 0 saturated carbocycles. The molecule has 0 aromatic heterocycles. The van der Waals surface area contributed by atoms with Gasteiger partial charge in [-0.25, -0.2) is 4.39 Å². The second kappa shape index (κ2) is 3.07. The highest BCUT2D eigenvalue weighted by Crippen LogP contribution is 2.37. The van der Waals surface area contributed by atoms with Crippen molar-refractivity contribution in [2.24, 2.45) is 0 Å². The lowest BCUT2D eigenvalue weighted by atomic mass is 10.1. The third-order valence-corrected chi connectivity index (χ3v) is 3.93. The normalized spacial score (nSPS) is 16.1. The van der Waals surface area contributed by atoms with Gasteiger partial charge in [-0.3, -0.25) is 0 Å². The smallest absolute Gasteiger partial charge is 0.127 e. The van der Waals surface area contributed by atoms with Gasteiger partial charge >= 0.3 is 0 Å². The van der Waals surface area contributed by atoms with Gasteiger partial charge in [0.25, 0.3) is 0 Å². The molecule has 0 aliphatic carbocycles. The highest BCUT2D eigenvalue weighted by molar-refractivity contribution is 8.76. The largest absolute Gasteiger partial charge is 0.207 e. The lowest BCUT2D eigenvalue weighted by molar-refractivity contribution is 0.615. The van der Waals surface area contributed by atoms with Gasteiger partial charge in [-0.15, -0.1) is 0 Å². The first-order valence-electron chi connectivity index (χ1n) is 3.38. The van der Waals surface area contributed by atoms with E-state index in [4.69, 9.17) is 0 Å². The molecule has 0 fully saturated rings. The molecular weight excluding hydrogens is 179 g/mol. The zero-order valence-corrected chi connectivity index (χ0v) is 7.47. The highest BCUT2D eigenvalue weighted by atomic mass is 33.1. The van der Waals surface area contributed by atoms with Gasteiger partial charge in [-0.2, -0.15) is 0 Å². The predicted octanol–water partition coefficient (Wildman–Crippen LogP) is 3.22. The van der Waals surface area contributed by atoms with Crippen LogP contribution in [0.1, 0.15) is 11.1 Å². The number of rotatable bonds is 0. The Bertz CT molecular complexity index is 273. The minimum atomic E-state index is -0.0460. The summed E-state index contributed by atoms with van der Waals surface area (Å²) >= 11 is 0. The minimum absolute atomic E-state index is 0.0460. The maximum absolute atomic E-state index is 13.0. The molecule has 1 aromatic carbocycles. The molecule has 0 radical (unpaired) electrons. The Labute approximate surface area is 73.0 Å². The molecule has 1 aliphatic heterocycles. The topological polar surface area (TPSA) is 0 Å². The van der Waals surface area contributed by atoms with Crippen molar-refractivity contribution < 1.29 is 4.39 Å². The SMILES string of the molecule is Fc1cccc2c1CSSC2. The van der Waals surface area contributed by atoms with E-state index in [1.54, 1.807) is 27.7 Å². The Hall–Kier alpha value is -0.150. The van der Waals surface area contributed by atoms with Crippen molar-refractivity contribution >= 4 is 21.6 Å². The molecule has 1 aliphatic rings. The average Bonchev–Trinajstić information content (AvgIpc) is 2.06. The lowest BCUT2D eigenvalue weighted by Crippen LogP contribution is -1.97. The van der Waals surface area contributed by atoms with E-state index >= 15 is 0 Å². The van der Waals surface area contributed by atoms with E-state index in [2.05, 4.69) is 0 Å². The summed E-state index contributed by atoms with van der Waals surface area (Å²) in [7, 11) is 3.52. The molecule has 0 bridgehead atoms. The molecule has 11 heavy (non-hydrogen) atoms. The molecule has 2 rings (SSSR count). The maximum atomic E-state index is 13.0. The number of fused-ring (bicyclic) bond motifs is 1. The van der Waals surface area contributed by atoms with Crippen LogP contribution >= 0.6 is 21.6 Å². The molecule has 0 spiro atoms. The van der Waals surface area contributed by atoms with E-state index in [1.165, 1.54) is 6.07 Å². The maximum Gasteiger partial charge on any atom is 0.127 e. The number of hydrogen-bond donors (Lipinski definition) is 0. The fourth-order valence-corrected chi connectivity index (χ4v) is 3.35. The second-order valence-corrected chi connectivity index (χ2v) is 4.86. The molecule has 0 atom stereocenters. The van der Waals surface area contributed by atoms with Gasteiger partial charge in [-0.05, 0) is 11.6 Å². The summed E-state index contributed by atoms with van der Waals surface area (Å²) in [5.74, 6) is 1.71. The summed E-state index contributed by atoms with van der Waals surface area (Å²) in [6.07, 6.45) is 0. The number of benzene rings is 1. The van der Waals surface area contributed by atoms with Crippen LogP contribution in [0.5, 0.6) is 0 Å². The van der Waals surface area contributed by atoms with Gasteiger partial charge in [0, 0.05) is 17.1 Å². The molecule has 0 N–H and O–H groups in total. The van der Waals surface area contributed by atoms with Crippen LogP contribution in [0.15, 0.2) is 18.2 Å². The van der Waals surface area contributed by atoms with Crippen molar-refractivity contribution in [2.75, 3.05) is 0 Å². The van der Waals surface area contributed by atoms with E-state index in [0.29, 0.717) is 0 Å². The van der Waals surface area contributed by atoms with E-state index < -0.39 is 0 Å². The van der Waals surface area contributed by atoms with E-state index in [0.717, 1.165) is 22.6 Å². The van der Waals surface area contributed by atoms with Crippen LogP contribution in [0.25, 0.3) is 0 Å². The Balaban J connectivity index is 2.49. The zero-order valence-electron chi connectivity index (χ0n) is 5.84. The summed E-state index contributed by atoms with van der Waals surface area (Å²) < 4.78 is 13.0. The molecule has 58 valence electrons.